The summed E-state index contributed by atoms with van der Waals surface area (Å²) in [6.07, 6.45) is -0.490. The van der Waals surface area contributed by atoms with Crippen molar-refractivity contribution in [3.05, 3.63) is 88.2 Å². The number of aromatic amines is 1. The number of phenols is 1. The molecule has 1 aliphatic heterocycles. The van der Waals surface area contributed by atoms with Gasteiger partial charge in [-0.2, -0.15) is 0 Å². The van der Waals surface area contributed by atoms with E-state index in [1.54, 1.807) is 19.9 Å². The van der Waals surface area contributed by atoms with Gasteiger partial charge in [-0.1, -0.05) is 12.1 Å². The van der Waals surface area contributed by atoms with Crippen LogP contribution in [0.2, 0.25) is 0 Å². The predicted molar refractivity (Wildman–Crippen MR) is 180 cm³/mol. The number of aliphatic hydroxyl groups excluding tert-OH is 5. The van der Waals surface area contributed by atoms with Crippen molar-refractivity contribution in [3.8, 4) is 17.2 Å². The number of hydrogen-bond donors (Lipinski definition) is 8. The van der Waals surface area contributed by atoms with E-state index in [4.69, 9.17) is 18.9 Å². The minimum atomic E-state index is -2.25. The average molecular weight is 695 g/mol. The van der Waals surface area contributed by atoms with E-state index < -0.39 is 48.8 Å². The summed E-state index contributed by atoms with van der Waals surface area (Å²) in [6.45, 7) is 1.77. The molecule has 14 heteroatoms. The van der Waals surface area contributed by atoms with E-state index in [0.29, 0.717) is 52.1 Å². The first-order valence-corrected chi connectivity index (χ1v) is 16.3. The quantitative estimate of drug-likeness (QED) is 0.0617. The van der Waals surface area contributed by atoms with Gasteiger partial charge in [-0.15, -0.1) is 0 Å². The zero-order valence-corrected chi connectivity index (χ0v) is 27.7. The van der Waals surface area contributed by atoms with E-state index in [1.807, 2.05) is 29.2 Å². The van der Waals surface area contributed by atoms with Gasteiger partial charge in [0.25, 0.3) is 0 Å². The largest absolute Gasteiger partial charge is 0.508 e. The Morgan fingerprint density at radius 3 is 2.58 bits per heavy atom. The number of phenolic OH excluding ortho intramolecular Hbond substituents is 1. The molecule has 1 aliphatic rings. The number of nitrogens with zero attached hydrogens (tertiary/aromatic N) is 1. The standard InChI is InChI=1S/C36H42N2O12/c1-20-12-27(42)25-13-23-14-29(50-47-19-36(46,34(45)31(44)28(43)18-40)15-21-4-6-24(41)7-5-21)35(2,9-3-11-39)49-32(23)30(33(25)48-20)38-16-22-8-10-37-26(22)17-38/h4-8,10,12-13,16-17,28-29,31,34,37,39-41,43-46H,3,9,11,14-15,18-19H2,1-2H3/t28-,29-,31-,34+,35-,36+/m1/s1. The number of ether oxygens (including phenoxy) is 1. The molecule has 50 heavy (non-hydrogen) atoms. The van der Waals surface area contributed by atoms with Crippen molar-refractivity contribution in [2.45, 2.75) is 75.1 Å². The Balaban J connectivity index is 1.35. The highest BCUT2D eigenvalue weighted by atomic mass is 17.2. The third kappa shape index (κ3) is 6.89. The van der Waals surface area contributed by atoms with Crippen LogP contribution < -0.4 is 10.2 Å². The van der Waals surface area contributed by atoms with Crippen LogP contribution in [0.1, 0.15) is 36.7 Å². The predicted octanol–water partition coefficient (Wildman–Crippen LogP) is 1.91. The number of nitrogens with one attached hydrogen (secondary N) is 1. The van der Waals surface area contributed by atoms with Crippen LogP contribution in [-0.4, -0.2) is 101 Å². The summed E-state index contributed by atoms with van der Waals surface area (Å²) in [5.74, 6) is 0.851. The van der Waals surface area contributed by atoms with Crippen LogP contribution in [0.25, 0.3) is 27.6 Å². The van der Waals surface area contributed by atoms with Gasteiger partial charge >= 0.3 is 0 Å². The summed E-state index contributed by atoms with van der Waals surface area (Å²) in [5.41, 5.74) is -0.852. The molecule has 8 N–H and O–H groups in total. The lowest BCUT2D eigenvalue weighted by Gasteiger charge is -2.43. The number of aryl methyl sites for hydroxylation is 1. The van der Waals surface area contributed by atoms with E-state index in [1.165, 1.54) is 30.3 Å². The number of aromatic hydroxyl groups is 1. The second-order valence-corrected chi connectivity index (χ2v) is 13.2. The third-order valence-electron chi connectivity index (χ3n) is 9.41. The van der Waals surface area contributed by atoms with E-state index >= 15 is 0 Å². The Hall–Kier alpha value is -4.25. The van der Waals surface area contributed by atoms with Crippen LogP contribution in [0.15, 0.2) is 70.3 Å². The second kappa shape index (κ2) is 14.2. The number of aromatic nitrogens is 2. The second-order valence-electron chi connectivity index (χ2n) is 13.2. The fourth-order valence-corrected chi connectivity index (χ4v) is 6.56. The lowest BCUT2D eigenvalue weighted by atomic mass is 9.85. The Morgan fingerprint density at radius 2 is 1.88 bits per heavy atom. The SMILES string of the molecule is Cc1cc(=O)c2cc3c(c(-n4cc5cc[nH]c5c4)c2o1)O[C@](C)(CCCO)[C@H](OOC[C@@](O)(Cc1ccc(O)cc1)[C@@H](O)[C@H](O)[C@H](O)CO)C3. The normalized spacial score (nSPS) is 20.7. The first-order valence-electron chi connectivity index (χ1n) is 16.3. The highest BCUT2D eigenvalue weighted by Gasteiger charge is 2.47. The summed E-state index contributed by atoms with van der Waals surface area (Å²) in [6, 6.07) is 10.8. The zero-order valence-electron chi connectivity index (χ0n) is 27.7. The summed E-state index contributed by atoms with van der Waals surface area (Å²) in [5, 5.41) is 73.3. The number of rotatable bonds is 14. The molecular formula is C36H42N2O12. The Bertz CT molecular complexity index is 1970. The van der Waals surface area contributed by atoms with Gasteiger partial charge in [0.1, 0.15) is 59.4 Å². The zero-order chi connectivity index (χ0) is 35.8. The molecule has 4 heterocycles. The molecule has 0 saturated heterocycles. The van der Waals surface area contributed by atoms with Gasteiger partial charge in [-0.05, 0) is 56.5 Å². The fraction of sp³-hybridized carbons (Fsp3) is 0.417. The van der Waals surface area contributed by atoms with Crippen LogP contribution in [0.3, 0.4) is 0 Å². The summed E-state index contributed by atoms with van der Waals surface area (Å²) in [7, 11) is 0. The number of fused-ring (bicyclic) bond motifs is 3. The van der Waals surface area contributed by atoms with Gasteiger partial charge in [0.2, 0.25) is 0 Å². The Kier molecular flexibility index (Phi) is 10.1. The molecule has 6 atom stereocenters. The van der Waals surface area contributed by atoms with E-state index in [2.05, 4.69) is 4.98 Å². The topological polar surface area (TPSA) is 220 Å². The average Bonchev–Trinajstić information content (AvgIpc) is 3.70. The monoisotopic (exact) mass is 694 g/mol. The van der Waals surface area contributed by atoms with Gasteiger partial charge < -0.3 is 54.5 Å². The smallest absolute Gasteiger partial charge is 0.193 e. The van der Waals surface area contributed by atoms with Crippen molar-refractivity contribution in [2.75, 3.05) is 19.8 Å². The molecule has 0 amide bonds. The number of benzene rings is 2. The molecule has 2 aromatic carbocycles. The number of H-pyrrole nitrogens is 1. The van der Waals surface area contributed by atoms with Crippen LogP contribution in [0.4, 0.5) is 0 Å². The summed E-state index contributed by atoms with van der Waals surface area (Å²) >= 11 is 0. The highest BCUT2D eigenvalue weighted by molar-refractivity contribution is 5.91. The molecule has 6 rings (SSSR count). The molecule has 0 saturated carbocycles. The molecule has 0 spiro atoms. The summed E-state index contributed by atoms with van der Waals surface area (Å²) < 4.78 is 14.7. The van der Waals surface area contributed by atoms with Crippen molar-refractivity contribution in [2.24, 2.45) is 0 Å². The minimum absolute atomic E-state index is 0.0221. The molecule has 0 unspecified atom stereocenters. The molecule has 3 aromatic heterocycles. The molecular weight excluding hydrogens is 652 g/mol. The first-order chi connectivity index (χ1) is 23.9. The first kappa shape index (κ1) is 35.6. The molecule has 0 radical (unpaired) electrons. The van der Waals surface area contributed by atoms with Gasteiger partial charge in [-0.25, -0.2) is 9.78 Å². The van der Waals surface area contributed by atoms with Crippen molar-refractivity contribution in [1.82, 2.24) is 9.55 Å². The highest BCUT2D eigenvalue weighted by Crippen LogP contribution is 2.45. The van der Waals surface area contributed by atoms with Crippen LogP contribution >= 0.6 is 0 Å². The maximum Gasteiger partial charge on any atom is 0.193 e. The molecule has 0 aliphatic carbocycles. The van der Waals surface area contributed by atoms with Gasteiger partial charge in [-0.3, -0.25) is 4.79 Å². The van der Waals surface area contributed by atoms with E-state index in [9.17, 15) is 40.5 Å². The van der Waals surface area contributed by atoms with Gasteiger partial charge in [0, 0.05) is 55.1 Å². The van der Waals surface area contributed by atoms with Crippen LogP contribution in [0, 0.1) is 6.92 Å². The maximum atomic E-state index is 13.3. The van der Waals surface area contributed by atoms with Crippen molar-refractivity contribution in [3.63, 3.8) is 0 Å². The third-order valence-corrected chi connectivity index (χ3v) is 9.41. The minimum Gasteiger partial charge on any atom is -0.508 e. The molecule has 0 bridgehead atoms. The van der Waals surface area contributed by atoms with Gasteiger partial charge in [0.05, 0.1) is 17.5 Å². The maximum absolute atomic E-state index is 13.3. The van der Waals surface area contributed by atoms with Crippen LogP contribution in [-0.2, 0) is 22.6 Å². The van der Waals surface area contributed by atoms with Crippen molar-refractivity contribution in [1.29, 1.82) is 0 Å². The molecule has 268 valence electrons. The lowest BCUT2D eigenvalue weighted by Crippen LogP contribution is -2.58. The number of hydrogen-bond acceptors (Lipinski definition) is 12. The van der Waals surface area contributed by atoms with Crippen molar-refractivity contribution < 1.29 is 54.7 Å². The van der Waals surface area contributed by atoms with E-state index in [0.717, 1.165) is 10.9 Å². The summed E-state index contributed by atoms with van der Waals surface area (Å²) in [4.78, 5) is 28.0. The Morgan fingerprint density at radius 1 is 1.12 bits per heavy atom. The number of aliphatic hydroxyl groups is 6. The van der Waals surface area contributed by atoms with Crippen molar-refractivity contribution >= 4 is 21.9 Å². The van der Waals surface area contributed by atoms with E-state index in [-0.39, 0.29) is 30.6 Å². The van der Waals surface area contributed by atoms with Crippen LogP contribution in [0.5, 0.6) is 11.5 Å². The Labute approximate surface area is 286 Å². The molecule has 5 aromatic rings. The lowest BCUT2D eigenvalue weighted by molar-refractivity contribution is -0.371. The molecule has 0 fully saturated rings. The fourth-order valence-electron chi connectivity index (χ4n) is 6.56. The molecule has 14 nitrogen and oxygen atoms in total. The van der Waals surface area contributed by atoms with Gasteiger partial charge in [0.15, 0.2) is 16.8 Å².